The zero-order valence-corrected chi connectivity index (χ0v) is 27.6. The highest BCUT2D eigenvalue weighted by Gasteiger charge is 2.74. The van der Waals surface area contributed by atoms with Gasteiger partial charge in [0.15, 0.2) is 9.84 Å². The van der Waals surface area contributed by atoms with Gasteiger partial charge in [-0.25, -0.2) is 17.2 Å². The molecular formula is C34H37F8NO5S. The fourth-order valence-electron chi connectivity index (χ4n) is 8.59. The van der Waals surface area contributed by atoms with Gasteiger partial charge in [-0.3, -0.25) is 9.59 Å². The molecule has 1 amide bonds. The van der Waals surface area contributed by atoms with Gasteiger partial charge in [0.1, 0.15) is 10.6 Å². The minimum atomic E-state index is -6.38. The van der Waals surface area contributed by atoms with Crippen molar-refractivity contribution in [3.05, 3.63) is 65.0 Å². The number of benzene rings is 2. The van der Waals surface area contributed by atoms with Gasteiger partial charge in [-0.05, 0) is 86.3 Å². The number of alkyl halides is 7. The lowest BCUT2D eigenvalue weighted by molar-refractivity contribution is -0.348. The number of amides is 1. The fraction of sp³-hybridized carbons (Fsp3) is 0.588. The number of unbranched alkanes of at least 4 members (excludes halogenated alkanes) is 1. The third-order valence-electron chi connectivity index (χ3n) is 11.0. The zero-order chi connectivity index (χ0) is 36.4. The van der Waals surface area contributed by atoms with Crippen molar-refractivity contribution in [1.29, 1.82) is 0 Å². The van der Waals surface area contributed by atoms with Crippen LogP contribution in [0, 0.1) is 23.1 Å². The number of likely N-dealkylation sites (tertiary alicyclic amines) is 1. The minimum absolute atomic E-state index is 0.131. The van der Waals surface area contributed by atoms with Gasteiger partial charge in [-0.2, -0.15) is 26.3 Å². The smallest absolute Gasteiger partial charge is 0.435 e. The Hall–Kier alpha value is -3.23. The van der Waals surface area contributed by atoms with Gasteiger partial charge in [0.25, 0.3) is 0 Å². The fourth-order valence-corrected chi connectivity index (χ4v) is 11.0. The van der Waals surface area contributed by atoms with Crippen molar-refractivity contribution < 1.29 is 58.2 Å². The Morgan fingerprint density at radius 1 is 0.959 bits per heavy atom. The molecule has 270 valence electrons. The SMILES string of the molecule is CCCC[C@@]1(C(=O)N2CC[C@@]3(S(=O)(=O)c4ccc(F)cc4)c4ccc(C(F)(C(F)(F)F)C(F)(F)F)cc4CC[C@@H]23)CC[C@H](C(=O)O)[C@@H](C)C1. The van der Waals surface area contributed by atoms with Gasteiger partial charge in [0.2, 0.25) is 5.91 Å². The molecule has 3 aliphatic rings. The van der Waals surface area contributed by atoms with Crippen LogP contribution in [0.4, 0.5) is 35.1 Å². The molecular weight excluding hydrogens is 686 g/mol. The second kappa shape index (κ2) is 12.5. The molecule has 1 N–H and O–H groups in total. The predicted octanol–water partition coefficient (Wildman–Crippen LogP) is 8.03. The van der Waals surface area contributed by atoms with Crippen molar-refractivity contribution in [3.63, 3.8) is 0 Å². The number of carboxylic acid groups (broad SMARTS) is 1. The van der Waals surface area contributed by atoms with Crippen LogP contribution >= 0.6 is 0 Å². The van der Waals surface area contributed by atoms with Crippen LogP contribution in [-0.4, -0.2) is 55.2 Å². The maximum atomic E-state index is 15.1. The van der Waals surface area contributed by atoms with Crippen molar-refractivity contribution in [2.45, 2.75) is 105 Å². The number of carboxylic acids is 1. The molecule has 0 bridgehead atoms. The van der Waals surface area contributed by atoms with Crippen molar-refractivity contribution in [3.8, 4) is 0 Å². The first-order chi connectivity index (χ1) is 22.7. The number of aliphatic carboxylic acids is 1. The summed E-state index contributed by atoms with van der Waals surface area (Å²) < 4.78 is 138. The average molecular weight is 724 g/mol. The highest BCUT2D eigenvalue weighted by Crippen LogP contribution is 2.58. The topological polar surface area (TPSA) is 91.8 Å². The van der Waals surface area contributed by atoms with Crippen molar-refractivity contribution in [1.82, 2.24) is 4.90 Å². The second-order valence-corrected chi connectivity index (χ2v) is 15.9. The lowest BCUT2D eigenvalue weighted by Crippen LogP contribution is -2.56. The van der Waals surface area contributed by atoms with Crippen LogP contribution in [0.15, 0.2) is 47.4 Å². The standard InChI is InChI=1S/C34H37F8NO5S/c1-3-4-14-30(15-13-25(28(44)45)20(2)19-30)29(46)43-17-16-31(49(47,48)24-9-7-23(35)8-10-24)26-11-6-22(18-21(26)5-12-27(31)43)32(36,33(37,38)39)34(40,41)42/h6-11,18,20,25,27H,3-5,12-17,19H2,1-2H3,(H,44,45)/t20-,25-,27+,30+,31+/m0/s1. The maximum Gasteiger partial charge on any atom is 0.435 e. The number of nitrogens with zero attached hydrogens (tertiary/aromatic N) is 1. The molecule has 2 aromatic rings. The molecule has 1 aliphatic heterocycles. The van der Waals surface area contributed by atoms with E-state index in [9.17, 15) is 53.8 Å². The predicted molar refractivity (Wildman–Crippen MR) is 161 cm³/mol. The molecule has 1 heterocycles. The highest BCUT2D eigenvalue weighted by atomic mass is 32.2. The summed E-state index contributed by atoms with van der Waals surface area (Å²) in [5.74, 6) is -3.17. The van der Waals surface area contributed by atoms with Gasteiger partial charge in [0.05, 0.1) is 16.9 Å². The molecule has 49 heavy (non-hydrogen) atoms. The van der Waals surface area contributed by atoms with Crippen LogP contribution in [0.5, 0.6) is 0 Å². The van der Waals surface area contributed by atoms with Crippen LogP contribution in [0.3, 0.4) is 0 Å². The van der Waals surface area contributed by atoms with E-state index in [1.54, 1.807) is 6.92 Å². The summed E-state index contributed by atoms with van der Waals surface area (Å²) in [6, 6.07) is 4.17. The van der Waals surface area contributed by atoms with Crippen LogP contribution in [0.25, 0.3) is 0 Å². The van der Waals surface area contributed by atoms with Crippen molar-refractivity contribution >= 4 is 21.7 Å². The normalized spacial score (nSPS) is 27.8. The van der Waals surface area contributed by atoms with E-state index in [0.29, 0.717) is 25.0 Å². The summed E-state index contributed by atoms with van der Waals surface area (Å²) in [5, 5.41) is 9.73. The van der Waals surface area contributed by atoms with E-state index in [0.717, 1.165) is 36.8 Å². The van der Waals surface area contributed by atoms with E-state index >= 15 is 4.39 Å². The molecule has 0 aromatic heterocycles. The van der Waals surface area contributed by atoms with Gasteiger partial charge in [-0.15, -0.1) is 0 Å². The van der Waals surface area contributed by atoms with Gasteiger partial charge >= 0.3 is 24.0 Å². The summed E-state index contributed by atoms with van der Waals surface area (Å²) in [5.41, 5.74) is -8.88. The Kier molecular flexibility index (Phi) is 9.46. The monoisotopic (exact) mass is 723 g/mol. The molecule has 0 unspecified atom stereocenters. The summed E-state index contributed by atoms with van der Waals surface area (Å²) in [7, 11) is -4.64. The number of rotatable bonds is 8. The van der Waals surface area contributed by atoms with E-state index in [4.69, 9.17) is 0 Å². The number of halogens is 8. The molecule has 1 saturated carbocycles. The second-order valence-electron chi connectivity index (χ2n) is 13.7. The van der Waals surface area contributed by atoms with E-state index in [-0.39, 0.29) is 72.9 Å². The molecule has 0 radical (unpaired) electrons. The van der Waals surface area contributed by atoms with Crippen LogP contribution in [-0.2, 0) is 36.3 Å². The van der Waals surface area contributed by atoms with Crippen LogP contribution < -0.4 is 0 Å². The molecule has 15 heteroatoms. The number of carbonyl (C=O) groups is 2. The Morgan fingerprint density at radius 2 is 1.59 bits per heavy atom. The van der Waals surface area contributed by atoms with E-state index in [1.807, 2.05) is 6.92 Å². The lowest BCUT2D eigenvalue weighted by atomic mass is 9.63. The summed E-state index contributed by atoms with van der Waals surface area (Å²) in [6.45, 7) is 3.55. The van der Waals surface area contributed by atoms with Crippen molar-refractivity contribution in [2.75, 3.05) is 6.54 Å². The summed E-state index contributed by atoms with van der Waals surface area (Å²) in [6.07, 6.45) is -11.0. The number of carbonyl (C=O) groups excluding carboxylic acids is 1. The minimum Gasteiger partial charge on any atom is -0.481 e. The molecule has 2 aromatic carbocycles. The van der Waals surface area contributed by atoms with Crippen LogP contribution in [0.1, 0.15) is 81.9 Å². The van der Waals surface area contributed by atoms with Gasteiger partial charge < -0.3 is 10.0 Å². The third-order valence-corrected chi connectivity index (χ3v) is 13.6. The van der Waals surface area contributed by atoms with E-state index in [2.05, 4.69) is 0 Å². The first kappa shape index (κ1) is 37.0. The molecule has 1 saturated heterocycles. The number of hydrogen-bond acceptors (Lipinski definition) is 4. The largest absolute Gasteiger partial charge is 0.481 e. The van der Waals surface area contributed by atoms with E-state index < -0.39 is 67.3 Å². The molecule has 6 nitrogen and oxygen atoms in total. The number of aryl methyl sites for hydroxylation is 1. The number of fused-ring (bicyclic) bond motifs is 3. The first-order valence-electron chi connectivity index (χ1n) is 16.2. The maximum absolute atomic E-state index is 15.1. The quantitative estimate of drug-likeness (QED) is 0.220. The Bertz CT molecular complexity index is 1700. The first-order valence-corrected chi connectivity index (χ1v) is 17.7. The Morgan fingerprint density at radius 3 is 2.14 bits per heavy atom. The summed E-state index contributed by atoms with van der Waals surface area (Å²) >= 11 is 0. The average Bonchev–Trinajstić information content (AvgIpc) is 3.43. The molecule has 5 rings (SSSR count). The Balaban J connectivity index is 1.66. The molecule has 2 fully saturated rings. The van der Waals surface area contributed by atoms with Gasteiger partial charge in [0, 0.05) is 17.5 Å². The molecule has 2 aliphatic carbocycles. The van der Waals surface area contributed by atoms with Crippen molar-refractivity contribution in [2.24, 2.45) is 17.3 Å². The van der Waals surface area contributed by atoms with Crippen LogP contribution in [0.2, 0.25) is 0 Å². The third kappa shape index (κ3) is 5.71. The number of sulfone groups is 1. The molecule has 0 spiro atoms. The highest BCUT2D eigenvalue weighted by molar-refractivity contribution is 7.92. The number of hydrogen-bond donors (Lipinski definition) is 1. The van der Waals surface area contributed by atoms with Gasteiger partial charge in [-0.1, -0.05) is 44.9 Å². The lowest BCUT2D eigenvalue weighted by Gasteiger charge is -2.47. The summed E-state index contributed by atoms with van der Waals surface area (Å²) in [4.78, 5) is 27.7. The molecule has 5 atom stereocenters. The van der Waals surface area contributed by atoms with E-state index in [1.165, 1.54) is 4.90 Å². The zero-order valence-electron chi connectivity index (χ0n) is 26.8. The Labute approximate surface area is 278 Å².